The van der Waals surface area contributed by atoms with Crippen LogP contribution >= 0.6 is 0 Å². The Labute approximate surface area is 223 Å². The molecule has 1 aromatic carbocycles. The minimum atomic E-state index is -0.887. The Balaban J connectivity index is 1.31. The van der Waals surface area contributed by atoms with Crippen LogP contribution in [0.3, 0.4) is 0 Å². The summed E-state index contributed by atoms with van der Waals surface area (Å²) in [7, 11) is 0. The van der Waals surface area contributed by atoms with Gasteiger partial charge in [0.1, 0.15) is 0 Å². The minimum Gasteiger partial charge on any atom is -0.478 e. The third-order valence-electron chi connectivity index (χ3n) is 12.1. The van der Waals surface area contributed by atoms with Crippen LogP contribution in [0, 0.1) is 52.3 Å². The van der Waals surface area contributed by atoms with Gasteiger partial charge >= 0.3 is 5.97 Å². The Morgan fingerprint density at radius 3 is 2.35 bits per heavy atom. The van der Waals surface area contributed by atoms with Crippen LogP contribution in [0.15, 0.2) is 30.3 Å². The zero-order chi connectivity index (χ0) is 26.5. The van der Waals surface area contributed by atoms with Crippen molar-refractivity contribution in [3.63, 3.8) is 0 Å². The van der Waals surface area contributed by atoms with Crippen molar-refractivity contribution < 1.29 is 20.1 Å². The highest BCUT2D eigenvalue weighted by molar-refractivity contribution is 5.87. The summed E-state index contributed by atoms with van der Waals surface area (Å²) < 4.78 is 0. The molecule has 4 aliphatic carbocycles. The van der Waals surface area contributed by atoms with Crippen molar-refractivity contribution >= 4 is 12.0 Å². The van der Waals surface area contributed by atoms with Crippen LogP contribution in [0.5, 0.6) is 0 Å². The van der Waals surface area contributed by atoms with E-state index in [0.29, 0.717) is 47.0 Å². The molecule has 4 fully saturated rings. The van der Waals surface area contributed by atoms with Gasteiger partial charge in [-0.05, 0) is 121 Å². The first-order valence-corrected chi connectivity index (χ1v) is 15.0. The fraction of sp³-hybridized carbons (Fsp3) is 0.727. The Morgan fingerprint density at radius 1 is 1.00 bits per heavy atom. The summed E-state index contributed by atoms with van der Waals surface area (Å²) in [6.45, 7) is 9.72. The van der Waals surface area contributed by atoms with Crippen molar-refractivity contribution in [2.75, 3.05) is 0 Å². The van der Waals surface area contributed by atoms with Gasteiger partial charge in [-0.3, -0.25) is 0 Å². The van der Waals surface area contributed by atoms with E-state index in [4.69, 9.17) is 5.11 Å². The summed E-state index contributed by atoms with van der Waals surface area (Å²) in [4.78, 5) is 11.1. The summed E-state index contributed by atoms with van der Waals surface area (Å²) in [5.41, 5.74) is 1.91. The molecule has 0 saturated heterocycles. The van der Waals surface area contributed by atoms with E-state index >= 15 is 0 Å². The largest absolute Gasteiger partial charge is 0.478 e. The second-order valence-electron chi connectivity index (χ2n) is 13.7. The van der Waals surface area contributed by atoms with Gasteiger partial charge in [0.15, 0.2) is 0 Å². The number of rotatable bonds is 6. The normalized spacial score (nSPS) is 44.2. The highest BCUT2D eigenvalue weighted by Crippen LogP contribution is 2.69. The Bertz CT molecular complexity index is 1000. The van der Waals surface area contributed by atoms with E-state index in [1.54, 1.807) is 12.1 Å². The number of carboxylic acid groups (broad SMARTS) is 1. The van der Waals surface area contributed by atoms with Gasteiger partial charge in [0, 0.05) is 0 Å². The molecule has 0 bridgehead atoms. The molecule has 3 unspecified atom stereocenters. The molecule has 0 aromatic heterocycles. The van der Waals surface area contributed by atoms with E-state index in [9.17, 15) is 15.0 Å². The van der Waals surface area contributed by atoms with Crippen molar-refractivity contribution in [3.05, 3.63) is 41.5 Å². The molecular weight excluding hydrogens is 460 g/mol. The third kappa shape index (κ3) is 4.50. The molecule has 11 atom stereocenters. The number of allylic oxidation sites excluding steroid dienone is 1. The summed E-state index contributed by atoms with van der Waals surface area (Å²) in [5, 5.41) is 31.5. The molecule has 3 N–H and O–H groups in total. The summed E-state index contributed by atoms with van der Waals surface area (Å²) in [6, 6.07) is 7.10. The number of aliphatic hydroxyl groups excluding tert-OH is 2. The molecule has 0 amide bonds. The van der Waals surface area contributed by atoms with Gasteiger partial charge in [-0.2, -0.15) is 0 Å². The fourth-order valence-corrected chi connectivity index (χ4v) is 10.3. The maximum atomic E-state index is 11.9. The summed E-state index contributed by atoms with van der Waals surface area (Å²) >= 11 is 0. The number of hydrogen-bond acceptors (Lipinski definition) is 3. The molecule has 5 rings (SSSR count). The molecule has 1 aromatic rings. The molecule has 4 heteroatoms. The van der Waals surface area contributed by atoms with Crippen LogP contribution < -0.4 is 0 Å². The molecule has 0 aliphatic heterocycles. The van der Waals surface area contributed by atoms with Crippen LogP contribution in [-0.2, 0) is 0 Å². The lowest BCUT2D eigenvalue weighted by Gasteiger charge is -2.64. The van der Waals surface area contributed by atoms with Crippen LogP contribution in [0.4, 0.5) is 0 Å². The van der Waals surface area contributed by atoms with Gasteiger partial charge in [-0.15, -0.1) is 0 Å². The van der Waals surface area contributed by atoms with Crippen LogP contribution in [0.1, 0.15) is 101 Å². The van der Waals surface area contributed by atoms with Crippen molar-refractivity contribution in [1.82, 2.24) is 0 Å². The number of hydrogen-bond donors (Lipinski definition) is 3. The van der Waals surface area contributed by atoms with Crippen molar-refractivity contribution in [3.8, 4) is 0 Å². The van der Waals surface area contributed by atoms with E-state index < -0.39 is 5.97 Å². The number of carbonyl (C=O) groups is 1. The van der Waals surface area contributed by atoms with E-state index in [0.717, 1.165) is 37.7 Å². The second-order valence-corrected chi connectivity index (χ2v) is 13.7. The van der Waals surface area contributed by atoms with Crippen molar-refractivity contribution in [2.45, 2.75) is 97.7 Å². The van der Waals surface area contributed by atoms with Crippen molar-refractivity contribution in [1.29, 1.82) is 0 Å². The molecule has 37 heavy (non-hydrogen) atoms. The summed E-state index contributed by atoms with van der Waals surface area (Å²) in [6.07, 6.45) is 13.9. The lowest BCUT2D eigenvalue weighted by molar-refractivity contribution is -0.203. The third-order valence-corrected chi connectivity index (χ3v) is 12.1. The fourth-order valence-electron chi connectivity index (χ4n) is 10.3. The van der Waals surface area contributed by atoms with Gasteiger partial charge < -0.3 is 15.3 Å². The number of aliphatic hydroxyl groups is 2. The topological polar surface area (TPSA) is 77.8 Å². The van der Waals surface area contributed by atoms with E-state index in [1.807, 2.05) is 12.1 Å². The number of carboxylic acids is 1. The SMILES string of the molecule is CC[C@H]1[C@@H](O)C2C3CC[C@H]([C@H](C)C/C=C/c4ccc(C(=O)O)cc4)[C@@]3(C)CCC2[C@@]2(C)CC[C@@H](O)C[C@@H]12. The molecule has 4 saturated carbocycles. The molecule has 0 radical (unpaired) electrons. The average molecular weight is 509 g/mol. The maximum absolute atomic E-state index is 11.9. The van der Waals surface area contributed by atoms with Crippen molar-refractivity contribution in [2.24, 2.45) is 52.3 Å². The van der Waals surface area contributed by atoms with Crippen LogP contribution in [-0.4, -0.2) is 33.5 Å². The maximum Gasteiger partial charge on any atom is 0.335 e. The van der Waals surface area contributed by atoms with E-state index in [1.165, 1.54) is 25.7 Å². The first-order valence-electron chi connectivity index (χ1n) is 15.0. The monoisotopic (exact) mass is 508 g/mol. The first kappa shape index (κ1) is 26.9. The quantitative estimate of drug-likeness (QED) is 0.385. The lowest BCUT2D eigenvalue weighted by atomic mass is 9.41. The Kier molecular flexibility index (Phi) is 7.39. The molecule has 0 spiro atoms. The molecule has 4 nitrogen and oxygen atoms in total. The predicted molar refractivity (Wildman–Crippen MR) is 148 cm³/mol. The minimum absolute atomic E-state index is 0.190. The zero-order valence-corrected chi connectivity index (χ0v) is 23.3. The number of aromatic carboxylic acids is 1. The molecule has 4 aliphatic rings. The standard InChI is InChI=1S/C33H48O4/c1-5-24-28-19-23(34)15-17-33(28,4)27-16-18-32(3)25(13-14-26(32)29(27)30(24)35)20(2)7-6-8-21-9-11-22(12-10-21)31(36)37/h6,8-12,20,23-30,34-35H,5,7,13-19H2,1-4H3,(H,36,37)/b8-6+/t20-,23-,24-,25-,26?,27?,28+,29?,30-,32-,33-/m1/s1. The predicted octanol–water partition coefficient (Wildman–Crippen LogP) is 7.05. The Hall–Kier alpha value is -1.65. The van der Waals surface area contributed by atoms with Gasteiger partial charge in [-0.1, -0.05) is 58.4 Å². The molecular formula is C33H48O4. The van der Waals surface area contributed by atoms with Gasteiger partial charge in [0.2, 0.25) is 0 Å². The first-order chi connectivity index (χ1) is 17.6. The van der Waals surface area contributed by atoms with E-state index in [-0.39, 0.29) is 23.0 Å². The van der Waals surface area contributed by atoms with Crippen LogP contribution in [0.2, 0.25) is 0 Å². The zero-order valence-electron chi connectivity index (χ0n) is 23.3. The molecule has 204 valence electrons. The smallest absolute Gasteiger partial charge is 0.335 e. The average Bonchev–Trinajstić information content (AvgIpc) is 3.23. The highest BCUT2D eigenvalue weighted by Gasteiger charge is 2.64. The number of benzene rings is 1. The molecule has 0 heterocycles. The highest BCUT2D eigenvalue weighted by atomic mass is 16.4. The van der Waals surface area contributed by atoms with Gasteiger partial charge in [0.05, 0.1) is 17.8 Å². The van der Waals surface area contributed by atoms with E-state index in [2.05, 4.69) is 39.8 Å². The van der Waals surface area contributed by atoms with Crippen LogP contribution in [0.25, 0.3) is 6.08 Å². The lowest BCUT2D eigenvalue weighted by Crippen LogP contribution is -2.62. The van der Waals surface area contributed by atoms with Gasteiger partial charge in [-0.25, -0.2) is 4.79 Å². The Morgan fingerprint density at radius 2 is 1.68 bits per heavy atom. The van der Waals surface area contributed by atoms with Gasteiger partial charge in [0.25, 0.3) is 0 Å². The summed E-state index contributed by atoms with van der Waals surface area (Å²) in [5.74, 6) is 2.72. The second kappa shape index (κ2) is 10.2. The number of fused-ring (bicyclic) bond motifs is 5.